The van der Waals surface area contributed by atoms with E-state index < -0.39 is 6.10 Å². The van der Waals surface area contributed by atoms with Crippen molar-refractivity contribution in [3.8, 4) is 0 Å². The molecule has 0 saturated heterocycles. The third kappa shape index (κ3) is 2.67. The number of hydrogen-bond donors (Lipinski definition) is 2. The minimum absolute atomic E-state index is 0.0240. The molecule has 2 nitrogen and oxygen atoms in total. The normalized spacial score (nSPS) is 20.0. The van der Waals surface area contributed by atoms with Crippen LogP contribution in [0.1, 0.15) is 31.2 Å². The highest BCUT2D eigenvalue weighted by molar-refractivity contribution is 6.35. The lowest BCUT2D eigenvalue weighted by atomic mass is 9.78. The summed E-state index contributed by atoms with van der Waals surface area (Å²) in [7, 11) is 0. The highest BCUT2D eigenvalue weighted by Gasteiger charge is 2.40. The van der Waals surface area contributed by atoms with Gasteiger partial charge in [0.15, 0.2) is 0 Å². The van der Waals surface area contributed by atoms with E-state index in [2.05, 4.69) is 0 Å². The summed E-state index contributed by atoms with van der Waals surface area (Å²) in [6.07, 6.45) is 3.67. The zero-order valence-corrected chi connectivity index (χ0v) is 11.7. The van der Waals surface area contributed by atoms with Crippen LogP contribution in [0.3, 0.4) is 0 Å². The van der Waals surface area contributed by atoms with Gasteiger partial charge < -0.3 is 10.2 Å². The molecule has 1 aromatic carbocycles. The summed E-state index contributed by atoms with van der Waals surface area (Å²) in [5.74, 6) is 0. The predicted molar refractivity (Wildman–Crippen MR) is 74.2 cm³/mol. The van der Waals surface area contributed by atoms with Gasteiger partial charge in [-0.05, 0) is 30.5 Å². The predicted octanol–water partition coefficient (Wildman–Crippen LogP) is 3.45. The third-order valence-electron chi connectivity index (χ3n) is 4.08. The van der Waals surface area contributed by atoms with Crippen molar-refractivity contribution in [1.29, 1.82) is 0 Å². The minimum Gasteiger partial charge on any atom is -0.396 e. The van der Waals surface area contributed by atoms with E-state index in [1.54, 1.807) is 18.2 Å². The van der Waals surface area contributed by atoms with Crippen LogP contribution in [0.5, 0.6) is 0 Å². The fourth-order valence-corrected chi connectivity index (χ4v) is 3.36. The molecule has 1 aromatic rings. The summed E-state index contributed by atoms with van der Waals surface area (Å²) >= 11 is 12.2. The molecular weight excluding hydrogens is 271 g/mol. The fraction of sp³-hybridized carbons (Fsp3) is 0.571. The Balaban J connectivity index is 2.18. The number of aliphatic hydroxyl groups is 2. The molecular formula is C14H18Cl2O2. The van der Waals surface area contributed by atoms with Crippen molar-refractivity contribution < 1.29 is 10.2 Å². The summed E-state index contributed by atoms with van der Waals surface area (Å²) in [5, 5.41) is 21.2. The van der Waals surface area contributed by atoms with Crippen LogP contribution in [0.2, 0.25) is 10.0 Å². The van der Waals surface area contributed by atoms with Gasteiger partial charge in [-0.3, -0.25) is 0 Å². The van der Waals surface area contributed by atoms with Crippen LogP contribution < -0.4 is 0 Å². The molecule has 1 aliphatic carbocycles. The Bertz CT molecular complexity index is 394. The zero-order valence-electron chi connectivity index (χ0n) is 10.2. The van der Waals surface area contributed by atoms with Crippen LogP contribution in [0.15, 0.2) is 18.2 Å². The number of benzene rings is 1. The van der Waals surface area contributed by atoms with E-state index in [1.165, 1.54) is 0 Å². The number of aliphatic hydroxyl groups excluding tert-OH is 2. The molecule has 0 heterocycles. The molecule has 0 spiro atoms. The van der Waals surface area contributed by atoms with Gasteiger partial charge in [-0.2, -0.15) is 0 Å². The average Bonchev–Trinajstić information content (AvgIpc) is 2.84. The summed E-state index contributed by atoms with van der Waals surface area (Å²) in [6, 6.07) is 5.34. The fourth-order valence-electron chi connectivity index (χ4n) is 2.81. The second-order valence-corrected chi connectivity index (χ2v) is 5.96. The van der Waals surface area contributed by atoms with Gasteiger partial charge >= 0.3 is 0 Å². The molecule has 2 N–H and O–H groups in total. The summed E-state index contributed by atoms with van der Waals surface area (Å²) in [4.78, 5) is 0. The zero-order chi connectivity index (χ0) is 13.2. The Morgan fingerprint density at radius 3 is 2.22 bits per heavy atom. The molecule has 18 heavy (non-hydrogen) atoms. The Labute approximate surface area is 118 Å². The van der Waals surface area contributed by atoms with Gasteiger partial charge in [-0.25, -0.2) is 0 Å². The van der Waals surface area contributed by atoms with E-state index in [1.807, 2.05) is 0 Å². The lowest BCUT2D eigenvalue weighted by Crippen LogP contribution is -2.37. The van der Waals surface area contributed by atoms with E-state index in [4.69, 9.17) is 23.2 Å². The van der Waals surface area contributed by atoms with Gasteiger partial charge in [0.25, 0.3) is 0 Å². The second kappa shape index (κ2) is 5.79. The third-order valence-corrected chi connectivity index (χ3v) is 4.79. The molecule has 0 radical (unpaired) electrons. The van der Waals surface area contributed by atoms with Gasteiger partial charge in [0.05, 0.1) is 12.7 Å². The van der Waals surface area contributed by atoms with E-state index in [0.29, 0.717) is 16.5 Å². The number of hydrogen-bond acceptors (Lipinski definition) is 2. The highest BCUT2D eigenvalue weighted by atomic mass is 35.5. The SMILES string of the molecule is OCC1(C(O)Cc2c(Cl)cccc2Cl)CCCC1. The summed E-state index contributed by atoms with van der Waals surface area (Å²) in [6.45, 7) is 0.0240. The van der Waals surface area contributed by atoms with E-state index in [-0.39, 0.29) is 12.0 Å². The molecule has 0 bridgehead atoms. The van der Waals surface area contributed by atoms with Crippen molar-refractivity contribution >= 4 is 23.2 Å². The topological polar surface area (TPSA) is 40.5 Å². The molecule has 100 valence electrons. The molecule has 0 aromatic heterocycles. The van der Waals surface area contributed by atoms with E-state index in [0.717, 1.165) is 31.2 Å². The van der Waals surface area contributed by atoms with Crippen molar-refractivity contribution in [1.82, 2.24) is 0 Å². The van der Waals surface area contributed by atoms with Crippen LogP contribution >= 0.6 is 23.2 Å². The van der Waals surface area contributed by atoms with Crippen LogP contribution in [0.25, 0.3) is 0 Å². The molecule has 1 atom stereocenters. The smallest absolute Gasteiger partial charge is 0.0659 e. The van der Waals surface area contributed by atoms with Crippen molar-refractivity contribution in [2.75, 3.05) is 6.61 Å². The lowest BCUT2D eigenvalue weighted by Gasteiger charge is -2.32. The Kier molecular flexibility index (Phi) is 4.54. The molecule has 1 unspecified atom stereocenters. The Morgan fingerprint density at radius 1 is 1.17 bits per heavy atom. The first-order chi connectivity index (χ1) is 8.59. The molecule has 1 fully saturated rings. The first kappa shape index (κ1) is 14.1. The minimum atomic E-state index is -0.595. The molecule has 0 aliphatic heterocycles. The van der Waals surface area contributed by atoms with Crippen molar-refractivity contribution in [2.24, 2.45) is 5.41 Å². The molecule has 0 amide bonds. The van der Waals surface area contributed by atoms with Gasteiger partial charge in [0, 0.05) is 21.9 Å². The monoisotopic (exact) mass is 288 g/mol. The van der Waals surface area contributed by atoms with Crippen LogP contribution in [-0.2, 0) is 6.42 Å². The number of rotatable bonds is 4. The first-order valence-corrected chi connectivity index (χ1v) is 7.06. The molecule has 1 aliphatic rings. The van der Waals surface area contributed by atoms with Gasteiger partial charge in [-0.15, -0.1) is 0 Å². The van der Waals surface area contributed by atoms with Crippen LogP contribution in [0, 0.1) is 5.41 Å². The quantitative estimate of drug-likeness (QED) is 0.891. The van der Waals surface area contributed by atoms with Gasteiger partial charge in [0.1, 0.15) is 0 Å². The van der Waals surface area contributed by atoms with E-state index >= 15 is 0 Å². The van der Waals surface area contributed by atoms with E-state index in [9.17, 15) is 10.2 Å². The largest absolute Gasteiger partial charge is 0.396 e. The molecule has 1 saturated carbocycles. The van der Waals surface area contributed by atoms with Gasteiger partial charge in [0.2, 0.25) is 0 Å². The van der Waals surface area contributed by atoms with Crippen LogP contribution in [0.4, 0.5) is 0 Å². The maximum atomic E-state index is 10.4. The second-order valence-electron chi connectivity index (χ2n) is 5.15. The van der Waals surface area contributed by atoms with Crippen molar-refractivity contribution in [2.45, 2.75) is 38.2 Å². The maximum absolute atomic E-state index is 10.4. The maximum Gasteiger partial charge on any atom is 0.0659 e. The molecule has 4 heteroatoms. The molecule has 2 rings (SSSR count). The lowest BCUT2D eigenvalue weighted by molar-refractivity contribution is -0.0128. The summed E-state index contributed by atoms with van der Waals surface area (Å²) < 4.78 is 0. The van der Waals surface area contributed by atoms with Crippen LogP contribution in [-0.4, -0.2) is 22.9 Å². The Morgan fingerprint density at radius 2 is 1.72 bits per heavy atom. The highest BCUT2D eigenvalue weighted by Crippen LogP contribution is 2.42. The standard InChI is InChI=1S/C14H18Cl2O2/c15-11-4-3-5-12(16)10(11)8-13(18)14(9-17)6-1-2-7-14/h3-5,13,17-18H,1-2,6-9H2. The number of halogens is 2. The average molecular weight is 289 g/mol. The van der Waals surface area contributed by atoms with Gasteiger partial charge in [-0.1, -0.05) is 42.1 Å². The Hall–Kier alpha value is -0.280. The van der Waals surface area contributed by atoms with Crippen molar-refractivity contribution in [3.05, 3.63) is 33.8 Å². The summed E-state index contributed by atoms with van der Waals surface area (Å²) in [5.41, 5.74) is 0.399. The first-order valence-electron chi connectivity index (χ1n) is 6.31. The van der Waals surface area contributed by atoms with Crippen molar-refractivity contribution in [3.63, 3.8) is 0 Å².